The van der Waals surface area contributed by atoms with E-state index in [-0.39, 0.29) is 5.91 Å². The minimum atomic E-state index is -0.644. The second-order valence-corrected chi connectivity index (χ2v) is 4.97. The lowest BCUT2D eigenvalue weighted by Crippen LogP contribution is -2.44. The summed E-state index contributed by atoms with van der Waals surface area (Å²) in [6.45, 7) is 7.35. The van der Waals surface area contributed by atoms with Crippen LogP contribution < -0.4 is 0 Å². The molecule has 70 valence electrons. The summed E-state index contributed by atoms with van der Waals surface area (Å²) in [6, 6.07) is 0. The van der Waals surface area contributed by atoms with Gasteiger partial charge in [0.15, 0.2) is 0 Å². The van der Waals surface area contributed by atoms with Crippen molar-refractivity contribution in [1.29, 1.82) is 0 Å². The van der Waals surface area contributed by atoms with E-state index < -0.39 is 11.2 Å². The summed E-state index contributed by atoms with van der Waals surface area (Å²) in [4.78, 5) is 11.6. The first-order valence-electron chi connectivity index (χ1n) is 3.69. The van der Waals surface area contributed by atoms with Gasteiger partial charge in [-0.05, 0) is 39.5 Å². The van der Waals surface area contributed by atoms with E-state index in [0.717, 1.165) is 0 Å². The fraction of sp³-hybridized carbons (Fsp3) is 0.857. The number of halogens is 2. The van der Waals surface area contributed by atoms with Gasteiger partial charge in [0.05, 0.1) is 16.1 Å². The van der Waals surface area contributed by atoms with E-state index in [1.165, 1.54) is 8.34 Å². The Bertz CT molecular complexity index is 229. The van der Waals surface area contributed by atoms with Crippen LogP contribution in [0.5, 0.6) is 0 Å². The van der Waals surface area contributed by atoms with Gasteiger partial charge >= 0.3 is 0 Å². The van der Waals surface area contributed by atoms with Gasteiger partial charge in [-0.1, -0.05) is 0 Å². The lowest BCUT2D eigenvalue weighted by Gasteiger charge is -2.31. The largest absolute Gasteiger partial charge is 0.272 e. The van der Waals surface area contributed by atoms with Gasteiger partial charge in [-0.15, -0.1) is 0 Å². The third kappa shape index (κ3) is 1.09. The van der Waals surface area contributed by atoms with Crippen LogP contribution in [0.2, 0.25) is 0 Å². The molecule has 1 amide bonds. The van der Waals surface area contributed by atoms with Gasteiger partial charge in [-0.25, -0.2) is 0 Å². The van der Waals surface area contributed by atoms with Gasteiger partial charge in [-0.2, -0.15) is 4.42 Å². The second-order valence-electron chi connectivity index (χ2n) is 3.92. The van der Waals surface area contributed by atoms with Gasteiger partial charge in [0, 0.05) is 0 Å². The van der Waals surface area contributed by atoms with Crippen LogP contribution in [-0.4, -0.2) is 25.5 Å². The minimum absolute atomic E-state index is 0.0255. The molecule has 0 aromatic carbocycles. The first-order chi connectivity index (χ1) is 5.22. The molecule has 0 spiro atoms. The third-order valence-electron chi connectivity index (χ3n) is 2.15. The smallest absolute Gasteiger partial charge is 0.255 e. The maximum atomic E-state index is 11.6. The summed E-state index contributed by atoms with van der Waals surface area (Å²) in [5.41, 5.74) is -1.13. The standard InChI is InChI=1S/C7H12BrClN2O/c1-6(2)5(12)10(8)7(3,4)11(6)9/h1-4H3. The SMILES string of the molecule is CC1(C)C(=O)N(Br)C(C)(C)N1Cl. The Morgan fingerprint density at radius 1 is 1.33 bits per heavy atom. The molecule has 0 unspecified atom stereocenters. The Hall–Kier alpha value is 0.200. The van der Waals surface area contributed by atoms with Crippen molar-refractivity contribution < 1.29 is 4.79 Å². The molecule has 1 heterocycles. The summed E-state index contributed by atoms with van der Waals surface area (Å²) in [6.07, 6.45) is 0. The van der Waals surface area contributed by atoms with Crippen LogP contribution in [0.3, 0.4) is 0 Å². The van der Waals surface area contributed by atoms with Crippen LogP contribution in [0.15, 0.2) is 0 Å². The predicted octanol–water partition coefficient (Wildman–Crippen LogP) is 2.11. The Morgan fingerprint density at radius 3 is 1.83 bits per heavy atom. The third-order valence-corrected chi connectivity index (χ3v) is 4.18. The fourth-order valence-electron chi connectivity index (χ4n) is 1.33. The molecule has 1 aliphatic rings. The van der Waals surface area contributed by atoms with Crippen molar-refractivity contribution in [3.8, 4) is 0 Å². The van der Waals surface area contributed by atoms with Crippen LogP contribution in [-0.2, 0) is 4.79 Å². The number of amides is 1. The molecule has 0 saturated carbocycles. The van der Waals surface area contributed by atoms with E-state index in [9.17, 15) is 4.79 Å². The molecule has 0 radical (unpaired) electrons. The first kappa shape index (κ1) is 10.3. The highest BCUT2D eigenvalue weighted by Crippen LogP contribution is 2.41. The summed E-state index contributed by atoms with van der Waals surface area (Å²) in [7, 11) is 0. The molecule has 3 nitrogen and oxygen atoms in total. The fourth-order valence-corrected chi connectivity index (χ4v) is 2.17. The highest BCUT2D eigenvalue weighted by atomic mass is 79.9. The van der Waals surface area contributed by atoms with Crippen LogP contribution in [0.4, 0.5) is 0 Å². The predicted molar refractivity (Wildman–Crippen MR) is 51.6 cm³/mol. The monoisotopic (exact) mass is 254 g/mol. The quantitative estimate of drug-likeness (QED) is 0.619. The number of carbonyl (C=O) groups is 1. The minimum Gasteiger partial charge on any atom is -0.272 e. The Morgan fingerprint density at radius 2 is 1.75 bits per heavy atom. The van der Waals surface area contributed by atoms with Gasteiger partial charge in [0.1, 0.15) is 11.2 Å². The zero-order valence-electron chi connectivity index (χ0n) is 7.56. The lowest BCUT2D eigenvalue weighted by atomic mass is 10.1. The molecular weight excluding hydrogens is 243 g/mol. The summed E-state index contributed by atoms with van der Waals surface area (Å²) in [5.74, 6) is -0.0255. The molecule has 12 heavy (non-hydrogen) atoms. The Labute approximate surface area is 86.1 Å². The number of hydrogen-bond acceptors (Lipinski definition) is 2. The molecule has 0 aliphatic carbocycles. The van der Waals surface area contributed by atoms with E-state index >= 15 is 0 Å². The van der Waals surface area contributed by atoms with E-state index in [4.69, 9.17) is 11.8 Å². The van der Waals surface area contributed by atoms with Crippen molar-refractivity contribution in [3.63, 3.8) is 0 Å². The van der Waals surface area contributed by atoms with Crippen LogP contribution in [0, 0.1) is 0 Å². The molecule has 1 rings (SSSR count). The molecule has 1 aliphatic heterocycles. The summed E-state index contributed by atoms with van der Waals surface area (Å²) in [5, 5.41) is 0. The number of rotatable bonds is 0. The zero-order valence-corrected chi connectivity index (χ0v) is 9.90. The van der Waals surface area contributed by atoms with E-state index in [2.05, 4.69) is 16.1 Å². The van der Waals surface area contributed by atoms with Crippen LogP contribution >= 0.6 is 27.9 Å². The highest BCUT2D eigenvalue weighted by molar-refractivity contribution is 9.07. The van der Waals surface area contributed by atoms with Crippen LogP contribution in [0.25, 0.3) is 0 Å². The average Bonchev–Trinajstić information content (AvgIpc) is 2.06. The van der Waals surface area contributed by atoms with Gasteiger partial charge in [-0.3, -0.25) is 8.72 Å². The average molecular weight is 256 g/mol. The Balaban J connectivity index is 3.12. The topological polar surface area (TPSA) is 23.6 Å². The van der Waals surface area contributed by atoms with Gasteiger partial charge < -0.3 is 0 Å². The molecule has 0 atom stereocenters. The second kappa shape index (κ2) is 2.59. The van der Waals surface area contributed by atoms with E-state index in [1.807, 2.05) is 13.8 Å². The molecule has 0 bridgehead atoms. The van der Waals surface area contributed by atoms with Crippen LogP contribution in [0.1, 0.15) is 27.7 Å². The van der Waals surface area contributed by atoms with Crippen molar-refractivity contribution in [2.45, 2.75) is 38.9 Å². The van der Waals surface area contributed by atoms with Gasteiger partial charge in [0.2, 0.25) is 0 Å². The maximum Gasteiger partial charge on any atom is 0.255 e. The molecule has 0 N–H and O–H groups in total. The first-order valence-corrected chi connectivity index (χ1v) is 4.73. The summed E-state index contributed by atoms with van der Waals surface area (Å²) < 4.78 is 3.00. The Kier molecular flexibility index (Phi) is 2.22. The molecular formula is C7H12BrClN2O. The molecule has 1 fully saturated rings. The number of nitrogens with zero attached hydrogens (tertiary/aromatic N) is 2. The zero-order chi connectivity index (χ0) is 9.73. The number of carbonyl (C=O) groups excluding carboxylic acids is 1. The molecule has 5 heteroatoms. The van der Waals surface area contributed by atoms with Crippen molar-refractivity contribution in [2.24, 2.45) is 0 Å². The van der Waals surface area contributed by atoms with E-state index in [1.54, 1.807) is 13.8 Å². The van der Waals surface area contributed by atoms with Crippen molar-refractivity contribution in [3.05, 3.63) is 0 Å². The van der Waals surface area contributed by atoms with Gasteiger partial charge in [0.25, 0.3) is 5.91 Å². The van der Waals surface area contributed by atoms with Crippen molar-refractivity contribution in [1.82, 2.24) is 8.34 Å². The lowest BCUT2D eigenvalue weighted by molar-refractivity contribution is -0.128. The van der Waals surface area contributed by atoms with Crippen molar-refractivity contribution in [2.75, 3.05) is 0 Å². The number of hydrogen-bond donors (Lipinski definition) is 0. The molecule has 0 aromatic heterocycles. The van der Waals surface area contributed by atoms with Crippen molar-refractivity contribution >= 4 is 33.8 Å². The van der Waals surface area contributed by atoms with E-state index in [0.29, 0.717) is 0 Å². The molecule has 1 saturated heterocycles. The summed E-state index contributed by atoms with van der Waals surface area (Å²) >= 11 is 9.22. The normalized spacial score (nSPS) is 28.2. The highest BCUT2D eigenvalue weighted by Gasteiger charge is 2.55. The molecule has 0 aromatic rings. The maximum absolute atomic E-state index is 11.6.